The second-order valence-corrected chi connectivity index (χ2v) is 2.22. The van der Waals surface area contributed by atoms with Gasteiger partial charge in [0.15, 0.2) is 7.85 Å². The minimum atomic E-state index is -0.535. The Kier molecular flexibility index (Phi) is 3.72. The van der Waals surface area contributed by atoms with Gasteiger partial charge in [-0.05, 0) is 6.42 Å². The first-order valence-corrected chi connectivity index (χ1v) is 3.08. The first-order chi connectivity index (χ1) is 4.54. The van der Waals surface area contributed by atoms with Crippen molar-refractivity contribution in [3.8, 4) is 0 Å². The molecule has 4 N–H and O–H groups in total. The summed E-state index contributed by atoms with van der Waals surface area (Å²) in [4.78, 5) is 20.7. The van der Waals surface area contributed by atoms with Gasteiger partial charge in [-0.15, -0.1) is 0 Å². The molecule has 0 aromatic rings. The van der Waals surface area contributed by atoms with Gasteiger partial charge in [0.1, 0.15) is 0 Å². The Balaban J connectivity index is 3.49. The molecule has 0 bridgehead atoms. The van der Waals surface area contributed by atoms with Crippen LogP contribution in [0.1, 0.15) is 12.8 Å². The molecule has 56 valence electrons. The maximum absolute atomic E-state index is 10.5. The van der Waals surface area contributed by atoms with Gasteiger partial charge >= 0.3 is 0 Å². The number of hydrogen-bond acceptors (Lipinski definition) is 3. The number of rotatable bonds is 4. The maximum atomic E-state index is 10.5. The largest absolute Gasteiger partial charge is 0.370 e. The molecule has 0 aromatic carbocycles. The number of hydrogen-bond donors (Lipinski definition) is 2. The first-order valence-electron chi connectivity index (χ1n) is 3.08. The molecular formula is C5H11BN2O2. The SMILES string of the molecule is BC(=O)C(N)CCC(N)=O. The van der Waals surface area contributed by atoms with Crippen LogP contribution in [-0.2, 0) is 9.59 Å². The molecule has 0 aliphatic rings. The lowest BCUT2D eigenvalue weighted by molar-refractivity contribution is -0.118. The summed E-state index contributed by atoms with van der Waals surface area (Å²) in [7, 11) is 1.39. The Hall–Kier alpha value is -0.835. The standard InChI is InChI=1S/C5H11BN2O2/c6-5(10)3(7)1-2-4(8)9/h3H,1-2,6-7H2,(H2,8,9). The lowest BCUT2D eigenvalue weighted by Crippen LogP contribution is -2.31. The number of nitrogens with two attached hydrogens (primary N) is 2. The van der Waals surface area contributed by atoms with E-state index in [2.05, 4.69) is 0 Å². The molecule has 0 aliphatic carbocycles. The molecule has 1 unspecified atom stereocenters. The summed E-state index contributed by atoms with van der Waals surface area (Å²) in [5.74, 6) is -0.420. The molecule has 0 fully saturated rings. The molecule has 0 heterocycles. The van der Waals surface area contributed by atoms with E-state index in [9.17, 15) is 9.59 Å². The molecule has 1 amide bonds. The monoisotopic (exact) mass is 142 g/mol. The molecule has 0 spiro atoms. The van der Waals surface area contributed by atoms with Crippen molar-refractivity contribution in [1.29, 1.82) is 0 Å². The van der Waals surface area contributed by atoms with Gasteiger partial charge < -0.3 is 16.3 Å². The van der Waals surface area contributed by atoms with Crippen molar-refractivity contribution in [2.75, 3.05) is 0 Å². The third kappa shape index (κ3) is 4.08. The minimum absolute atomic E-state index is 0.110. The highest BCUT2D eigenvalue weighted by atomic mass is 16.1. The second kappa shape index (κ2) is 4.06. The number of amides is 1. The zero-order chi connectivity index (χ0) is 8.15. The fourth-order valence-electron chi connectivity index (χ4n) is 0.501. The molecule has 0 saturated carbocycles. The maximum Gasteiger partial charge on any atom is 0.217 e. The van der Waals surface area contributed by atoms with Crippen LogP contribution in [0.3, 0.4) is 0 Å². The van der Waals surface area contributed by atoms with E-state index in [4.69, 9.17) is 11.5 Å². The van der Waals surface area contributed by atoms with E-state index in [1.54, 1.807) is 0 Å². The second-order valence-electron chi connectivity index (χ2n) is 2.22. The first kappa shape index (κ1) is 9.16. The van der Waals surface area contributed by atoms with Gasteiger partial charge in [-0.2, -0.15) is 0 Å². The van der Waals surface area contributed by atoms with Gasteiger partial charge in [-0.3, -0.25) is 4.79 Å². The fourth-order valence-corrected chi connectivity index (χ4v) is 0.501. The predicted molar refractivity (Wildman–Crippen MR) is 40.0 cm³/mol. The Morgan fingerprint density at radius 3 is 2.30 bits per heavy atom. The van der Waals surface area contributed by atoms with Crippen LogP contribution in [0.25, 0.3) is 0 Å². The highest BCUT2D eigenvalue weighted by molar-refractivity contribution is 6.59. The average molecular weight is 142 g/mol. The van der Waals surface area contributed by atoms with Crippen molar-refractivity contribution in [3.05, 3.63) is 0 Å². The van der Waals surface area contributed by atoms with E-state index in [1.807, 2.05) is 0 Å². The van der Waals surface area contributed by atoms with Crippen molar-refractivity contribution >= 4 is 19.4 Å². The lowest BCUT2D eigenvalue weighted by atomic mass is 9.93. The highest BCUT2D eigenvalue weighted by Crippen LogP contribution is 1.92. The van der Waals surface area contributed by atoms with Crippen molar-refractivity contribution in [2.24, 2.45) is 11.5 Å². The van der Waals surface area contributed by atoms with Gasteiger partial charge in [0, 0.05) is 6.42 Å². The van der Waals surface area contributed by atoms with Gasteiger partial charge in [0.25, 0.3) is 0 Å². The molecule has 5 heteroatoms. The predicted octanol–water partition coefficient (Wildman–Crippen LogP) is -2.26. The van der Waals surface area contributed by atoms with E-state index in [-0.39, 0.29) is 12.1 Å². The summed E-state index contributed by atoms with van der Waals surface area (Å²) in [6, 6.07) is -0.535. The summed E-state index contributed by atoms with van der Waals surface area (Å²) in [5, 5.41) is 0. The molecule has 0 saturated heterocycles. The minimum Gasteiger partial charge on any atom is -0.370 e. The average Bonchev–Trinajstić information content (AvgIpc) is 1.82. The number of carbonyl (C=O) groups excluding carboxylic acids is 2. The van der Waals surface area contributed by atoms with Gasteiger partial charge in [0.05, 0.1) is 11.7 Å². The molecule has 1 atom stereocenters. The molecule has 0 rings (SSSR count). The van der Waals surface area contributed by atoms with Crippen LogP contribution in [-0.4, -0.2) is 25.5 Å². The molecule has 0 aromatic heterocycles. The van der Waals surface area contributed by atoms with Crippen molar-refractivity contribution in [1.82, 2.24) is 0 Å². The number of carbonyl (C=O) groups is 2. The molecule has 0 aliphatic heterocycles. The molecule has 4 nitrogen and oxygen atoms in total. The van der Waals surface area contributed by atoms with Crippen LogP contribution in [0.15, 0.2) is 0 Å². The summed E-state index contributed by atoms with van der Waals surface area (Å²) < 4.78 is 0. The Morgan fingerprint density at radius 1 is 1.50 bits per heavy atom. The zero-order valence-corrected chi connectivity index (χ0v) is 5.96. The van der Waals surface area contributed by atoms with E-state index >= 15 is 0 Å². The smallest absolute Gasteiger partial charge is 0.217 e. The van der Waals surface area contributed by atoms with Crippen LogP contribution >= 0.6 is 0 Å². The lowest BCUT2D eigenvalue weighted by Gasteiger charge is -2.04. The van der Waals surface area contributed by atoms with Crippen LogP contribution in [0.5, 0.6) is 0 Å². The molecular weight excluding hydrogens is 131 g/mol. The highest BCUT2D eigenvalue weighted by Gasteiger charge is 2.07. The summed E-state index contributed by atoms with van der Waals surface area (Å²) in [6.45, 7) is 0. The Morgan fingerprint density at radius 2 is 2.00 bits per heavy atom. The van der Waals surface area contributed by atoms with Crippen molar-refractivity contribution in [2.45, 2.75) is 18.9 Å². The fraction of sp³-hybridized carbons (Fsp3) is 0.600. The molecule has 10 heavy (non-hydrogen) atoms. The Bertz CT molecular complexity index is 149. The van der Waals surface area contributed by atoms with Gasteiger partial charge in [0.2, 0.25) is 5.91 Å². The van der Waals surface area contributed by atoms with Crippen LogP contribution in [0.2, 0.25) is 0 Å². The van der Waals surface area contributed by atoms with Crippen LogP contribution in [0, 0.1) is 0 Å². The van der Waals surface area contributed by atoms with E-state index in [0.717, 1.165) is 0 Å². The summed E-state index contributed by atoms with van der Waals surface area (Å²) >= 11 is 0. The summed E-state index contributed by atoms with van der Waals surface area (Å²) in [6.07, 6.45) is 0.533. The quantitative estimate of drug-likeness (QED) is 0.434. The van der Waals surface area contributed by atoms with Gasteiger partial charge in [-0.25, -0.2) is 0 Å². The third-order valence-electron chi connectivity index (χ3n) is 1.22. The van der Waals surface area contributed by atoms with E-state index in [0.29, 0.717) is 6.42 Å². The Labute approximate surface area is 60.4 Å². The van der Waals surface area contributed by atoms with E-state index in [1.165, 1.54) is 7.85 Å². The van der Waals surface area contributed by atoms with Crippen LogP contribution < -0.4 is 11.5 Å². The zero-order valence-electron chi connectivity index (χ0n) is 5.96. The summed E-state index contributed by atoms with van der Waals surface area (Å²) in [5.41, 5.74) is 10.0. The van der Waals surface area contributed by atoms with Gasteiger partial charge in [-0.1, -0.05) is 0 Å². The van der Waals surface area contributed by atoms with Crippen molar-refractivity contribution in [3.63, 3.8) is 0 Å². The molecule has 0 radical (unpaired) electrons. The third-order valence-corrected chi connectivity index (χ3v) is 1.22. The van der Waals surface area contributed by atoms with Crippen molar-refractivity contribution < 1.29 is 9.59 Å². The number of primary amides is 1. The van der Waals surface area contributed by atoms with Crippen LogP contribution in [0.4, 0.5) is 0 Å². The van der Waals surface area contributed by atoms with E-state index < -0.39 is 11.9 Å². The topological polar surface area (TPSA) is 86.2 Å². The normalized spacial score (nSPS) is 12.5.